The summed E-state index contributed by atoms with van der Waals surface area (Å²) in [5.41, 5.74) is -0.321. The molecule has 0 N–H and O–H groups in total. The summed E-state index contributed by atoms with van der Waals surface area (Å²) in [5, 5.41) is 0. The first-order chi connectivity index (χ1) is 9.17. The lowest BCUT2D eigenvalue weighted by molar-refractivity contribution is 0.00694. The Hall–Kier alpha value is -1.55. The number of epoxide rings is 1. The summed E-state index contributed by atoms with van der Waals surface area (Å²) in [6.45, 7) is 10.3. The van der Waals surface area contributed by atoms with Crippen molar-refractivity contribution in [2.75, 3.05) is 6.61 Å². The maximum Gasteiger partial charge on any atom is 0.338 e. The van der Waals surface area contributed by atoms with Gasteiger partial charge in [0.15, 0.2) is 0 Å². The minimum Gasteiger partial charge on any atom is -0.485 e. The summed E-state index contributed by atoms with van der Waals surface area (Å²) in [6.07, 6.45) is 0.146. The van der Waals surface area contributed by atoms with Crippen molar-refractivity contribution in [2.24, 2.45) is 0 Å². The number of ether oxygens (including phenoxy) is 3. The molecule has 2 rings (SSSR count). The van der Waals surface area contributed by atoms with E-state index in [2.05, 4.69) is 0 Å². The normalized spacial score (nSPS) is 18.6. The zero-order valence-electron chi connectivity index (χ0n) is 12.7. The van der Waals surface area contributed by atoms with Crippen LogP contribution in [0.25, 0.3) is 0 Å². The molecule has 0 radical (unpaired) electrons. The van der Waals surface area contributed by atoms with E-state index in [0.29, 0.717) is 5.56 Å². The topological polar surface area (TPSA) is 48.1 Å². The van der Waals surface area contributed by atoms with Crippen LogP contribution in [0.1, 0.15) is 45.0 Å². The third kappa shape index (κ3) is 3.97. The molecule has 4 nitrogen and oxygen atoms in total. The summed E-state index contributed by atoms with van der Waals surface area (Å²) in [6, 6.07) is 6.99. The molecule has 1 unspecified atom stereocenters. The van der Waals surface area contributed by atoms with Crippen LogP contribution in [0, 0.1) is 0 Å². The predicted molar refractivity (Wildman–Crippen MR) is 76.1 cm³/mol. The van der Waals surface area contributed by atoms with Crippen molar-refractivity contribution in [3.8, 4) is 5.75 Å². The van der Waals surface area contributed by atoms with Gasteiger partial charge < -0.3 is 14.2 Å². The van der Waals surface area contributed by atoms with Crippen molar-refractivity contribution in [1.29, 1.82) is 0 Å². The van der Waals surface area contributed by atoms with E-state index in [-0.39, 0.29) is 17.7 Å². The van der Waals surface area contributed by atoms with E-state index < -0.39 is 5.60 Å². The van der Waals surface area contributed by atoms with Gasteiger partial charge in [-0.05, 0) is 58.9 Å². The van der Waals surface area contributed by atoms with Gasteiger partial charge in [0.05, 0.1) is 12.2 Å². The molecule has 1 aromatic rings. The second kappa shape index (κ2) is 5.09. The van der Waals surface area contributed by atoms with E-state index in [1.165, 1.54) is 0 Å². The van der Waals surface area contributed by atoms with Crippen molar-refractivity contribution >= 4 is 5.97 Å². The molecular weight excluding hydrogens is 256 g/mol. The minimum atomic E-state index is -0.489. The lowest BCUT2D eigenvalue weighted by atomic mass is 10.1. The Kier molecular flexibility index (Phi) is 3.78. The zero-order chi connectivity index (χ0) is 15.0. The summed E-state index contributed by atoms with van der Waals surface area (Å²) in [4.78, 5) is 11.9. The molecule has 0 spiro atoms. The first-order valence-electron chi connectivity index (χ1n) is 6.81. The van der Waals surface area contributed by atoms with Crippen molar-refractivity contribution in [2.45, 2.75) is 51.9 Å². The van der Waals surface area contributed by atoms with Crippen molar-refractivity contribution in [1.82, 2.24) is 0 Å². The summed E-state index contributed by atoms with van der Waals surface area (Å²) >= 11 is 0. The van der Waals surface area contributed by atoms with Crippen LogP contribution in [0.15, 0.2) is 24.3 Å². The quantitative estimate of drug-likeness (QED) is 0.627. The predicted octanol–water partition coefficient (Wildman–Crippen LogP) is 3.20. The van der Waals surface area contributed by atoms with Gasteiger partial charge in [-0.3, -0.25) is 0 Å². The number of benzene rings is 1. The van der Waals surface area contributed by atoms with Gasteiger partial charge in [-0.2, -0.15) is 0 Å². The highest BCUT2D eigenvalue weighted by Gasteiger charge is 2.41. The van der Waals surface area contributed by atoms with Gasteiger partial charge in [-0.15, -0.1) is 0 Å². The molecule has 0 saturated carbocycles. The van der Waals surface area contributed by atoms with Crippen LogP contribution in [-0.4, -0.2) is 29.9 Å². The Morgan fingerprint density at radius 3 is 2.15 bits per heavy atom. The van der Waals surface area contributed by atoms with Crippen LogP contribution < -0.4 is 4.74 Å². The van der Waals surface area contributed by atoms with Gasteiger partial charge in [-0.1, -0.05) is 0 Å². The fourth-order valence-electron chi connectivity index (χ4n) is 1.82. The molecule has 1 aliphatic heterocycles. The molecule has 0 amide bonds. The molecule has 1 aliphatic rings. The van der Waals surface area contributed by atoms with Gasteiger partial charge >= 0.3 is 5.97 Å². The van der Waals surface area contributed by atoms with E-state index >= 15 is 0 Å². The highest BCUT2D eigenvalue weighted by molar-refractivity contribution is 5.89. The Balaban J connectivity index is 2.01. The molecular formula is C16H22O4. The van der Waals surface area contributed by atoms with Crippen LogP contribution in [0.5, 0.6) is 5.75 Å². The minimum absolute atomic E-state index is 0.146. The average molecular weight is 278 g/mol. The molecule has 1 fully saturated rings. The SMILES string of the molecule is CC(C)(C)OC(=O)c1ccc(OC(C)(C)C2CO2)cc1. The van der Waals surface area contributed by atoms with Gasteiger partial charge in [0.2, 0.25) is 0 Å². The average Bonchev–Trinajstić information content (AvgIpc) is 3.10. The van der Waals surface area contributed by atoms with Crippen molar-refractivity contribution < 1.29 is 19.0 Å². The molecule has 1 heterocycles. The zero-order valence-corrected chi connectivity index (χ0v) is 12.7. The molecule has 0 bridgehead atoms. The summed E-state index contributed by atoms with van der Waals surface area (Å²) < 4.78 is 16.5. The molecule has 20 heavy (non-hydrogen) atoms. The first kappa shape index (κ1) is 14.9. The van der Waals surface area contributed by atoms with E-state index in [1.807, 2.05) is 34.6 Å². The molecule has 4 heteroatoms. The molecule has 0 aliphatic carbocycles. The van der Waals surface area contributed by atoms with E-state index in [0.717, 1.165) is 12.4 Å². The Bertz CT molecular complexity index is 478. The number of carbonyl (C=O) groups is 1. The van der Waals surface area contributed by atoms with Gasteiger partial charge in [0, 0.05) is 0 Å². The summed E-state index contributed by atoms with van der Waals surface area (Å²) in [7, 11) is 0. The maximum atomic E-state index is 11.9. The largest absolute Gasteiger partial charge is 0.485 e. The van der Waals surface area contributed by atoms with Crippen LogP contribution in [0.2, 0.25) is 0 Å². The summed E-state index contributed by atoms with van der Waals surface area (Å²) in [5.74, 6) is 0.395. The molecule has 110 valence electrons. The molecule has 1 atom stereocenters. The molecule has 0 aromatic heterocycles. The van der Waals surface area contributed by atoms with Gasteiger partial charge in [0.1, 0.15) is 23.1 Å². The number of carbonyl (C=O) groups excluding carboxylic acids is 1. The Morgan fingerprint density at radius 2 is 1.70 bits per heavy atom. The standard InChI is InChI=1S/C16H22O4/c1-15(2,3)20-14(17)11-6-8-12(9-7-11)19-16(4,5)13-10-18-13/h6-9,13H,10H2,1-5H3. The first-order valence-corrected chi connectivity index (χ1v) is 6.81. The molecule has 1 saturated heterocycles. The monoisotopic (exact) mass is 278 g/mol. The Morgan fingerprint density at radius 1 is 1.15 bits per heavy atom. The van der Waals surface area contributed by atoms with Crippen LogP contribution in [0.4, 0.5) is 0 Å². The second-order valence-corrected chi connectivity index (χ2v) is 6.55. The van der Waals surface area contributed by atoms with Crippen LogP contribution in [-0.2, 0) is 9.47 Å². The fourth-order valence-corrected chi connectivity index (χ4v) is 1.82. The van der Waals surface area contributed by atoms with Gasteiger partial charge in [-0.25, -0.2) is 4.79 Å². The lowest BCUT2D eigenvalue weighted by Gasteiger charge is -2.24. The third-order valence-electron chi connectivity index (χ3n) is 2.98. The smallest absolute Gasteiger partial charge is 0.338 e. The second-order valence-electron chi connectivity index (χ2n) is 6.55. The fraction of sp³-hybridized carbons (Fsp3) is 0.562. The highest BCUT2D eigenvalue weighted by atomic mass is 16.6. The molecule has 1 aromatic carbocycles. The number of esters is 1. The lowest BCUT2D eigenvalue weighted by Crippen LogP contribution is -2.34. The number of rotatable bonds is 4. The van der Waals surface area contributed by atoms with Gasteiger partial charge in [0.25, 0.3) is 0 Å². The van der Waals surface area contributed by atoms with E-state index in [9.17, 15) is 4.79 Å². The van der Waals surface area contributed by atoms with Crippen LogP contribution >= 0.6 is 0 Å². The van der Waals surface area contributed by atoms with Crippen molar-refractivity contribution in [3.63, 3.8) is 0 Å². The maximum absolute atomic E-state index is 11.9. The van der Waals surface area contributed by atoms with E-state index in [1.54, 1.807) is 24.3 Å². The Labute approximate surface area is 120 Å². The highest BCUT2D eigenvalue weighted by Crippen LogP contribution is 2.29. The van der Waals surface area contributed by atoms with Crippen LogP contribution in [0.3, 0.4) is 0 Å². The number of hydrogen-bond donors (Lipinski definition) is 0. The third-order valence-corrected chi connectivity index (χ3v) is 2.98. The van der Waals surface area contributed by atoms with Crippen molar-refractivity contribution in [3.05, 3.63) is 29.8 Å². The number of hydrogen-bond acceptors (Lipinski definition) is 4. The van der Waals surface area contributed by atoms with E-state index in [4.69, 9.17) is 14.2 Å².